The van der Waals surface area contributed by atoms with Crippen LogP contribution in [0.4, 0.5) is 0 Å². The van der Waals surface area contributed by atoms with Gasteiger partial charge in [-0.3, -0.25) is 9.69 Å². The zero-order valence-corrected chi connectivity index (χ0v) is 14.3. The Labute approximate surface area is 144 Å². The number of hydrogen-bond acceptors (Lipinski definition) is 6. The molecule has 9 heteroatoms. The van der Waals surface area contributed by atoms with Crippen LogP contribution in [0.25, 0.3) is 0 Å². The molecule has 0 unspecified atom stereocenters. The van der Waals surface area contributed by atoms with E-state index in [0.717, 1.165) is 0 Å². The molecule has 0 aromatic carbocycles. The number of nitrogens with one attached hydrogen (secondary N) is 1. The van der Waals surface area contributed by atoms with Crippen LogP contribution in [-0.2, 0) is 6.54 Å². The van der Waals surface area contributed by atoms with Gasteiger partial charge in [0, 0.05) is 26.2 Å². The Kier molecular flexibility index (Phi) is 4.88. The van der Waals surface area contributed by atoms with Gasteiger partial charge in [0.25, 0.3) is 5.91 Å². The maximum absolute atomic E-state index is 12.5. The highest BCUT2D eigenvalue weighted by Gasteiger charge is 2.38. The topological polar surface area (TPSA) is 98.5 Å². The third-order valence-electron chi connectivity index (χ3n) is 4.21. The highest BCUT2D eigenvalue weighted by molar-refractivity contribution is 6.30. The van der Waals surface area contributed by atoms with E-state index in [0.29, 0.717) is 42.1 Å². The number of H-pyrrole nitrogens is 1. The lowest BCUT2D eigenvalue weighted by molar-refractivity contribution is 0.0741. The van der Waals surface area contributed by atoms with Gasteiger partial charge < -0.3 is 19.4 Å². The summed E-state index contributed by atoms with van der Waals surface area (Å²) in [5.41, 5.74) is 0.420. The Morgan fingerprint density at radius 3 is 2.92 bits per heavy atom. The smallest absolute Gasteiger partial charge is 0.270 e. The number of nitrogens with zero attached hydrogens (tertiary/aromatic N) is 4. The van der Waals surface area contributed by atoms with Crippen molar-refractivity contribution in [3.63, 3.8) is 0 Å². The van der Waals surface area contributed by atoms with E-state index in [4.69, 9.17) is 16.0 Å². The second kappa shape index (κ2) is 6.92. The second-order valence-electron chi connectivity index (χ2n) is 5.85. The van der Waals surface area contributed by atoms with E-state index in [2.05, 4.69) is 15.2 Å². The molecule has 1 fully saturated rings. The number of aliphatic hydroxyl groups is 1. The standard InChI is InChI=1S/C15H20ClN5O3/c1-3-20(8-14-19-18-9(2)24-14)12-6-21(7-13(12)22)15(23)11-4-10(16)5-17-11/h4-5,12-13,17,22H,3,6-8H2,1-2H3/t12-,13+/m0/s1. The zero-order valence-electron chi connectivity index (χ0n) is 13.6. The molecule has 3 heterocycles. The van der Waals surface area contributed by atoms with Crippen LogP contribution in [0, 0.1) is 6.92 Å². The molecule has 2 atom stereocenters. The van der Waals surface area contributed by atoms with E-state index in [9.17, 15) is 9.90 Å². The highest BCUT2D eigenvalue weighted by atomic mass is 35.5. The summed E-state index contributed by atoms with van der Waals surface area (Å²) >= 11 is 5.85. The predicted molar refractivity (Wildman–Crippen MR) is 86.6 cm³/mol. The lowest BCUT2D eigenvalue weighted by Gasteiger charge is -2.27. The van der Waals surface area contributed by atoms with Crippen LogP contribution in [0.5, 0.6) is 0 Å². The number of likely N-dealkylation sites (tertiary alicyclic amines) is 1. The van der Waals surface area contributed by atoms with E-state index in [-0.39, 0.29) is 18.5 Å². The van der Waals surface area contributed by atoms with Crippen LogP contribution in [0.2, 0.25) is 5.02 Å². The number of likely N-dealkylation sites (N-methyl/N-ethyl adjacent to an activating group) is 1. The SMILES string of the molecule is CCN(Cc1nnc(C)o1)[C@H]1CN(C(=O)c2cc(Cl)c[nH]2)C[C@H]1O. The Morgan fingerprint density at radius 1 is 1.54 bits per heavy atom. The van der Waals surface area contributed by atoms with E-state index in [1.165, 1.54) is 0 Å². The van der Waals surface area contributed by atoms with Crippen LogP contribution in [-0.4, -0.2) is 67.8 Å². The zero-order chi connectivity index (χ0) is 17.3. The average Bonchev–Trinajstić information content (AvgIpc) is 3.25. The van der Waals surface area contributed by atoms with Crippen LogP contribution < -0.4 is 0 Å². The summed E-state index contributed by atoms with van der Waals surface area (Å²) in [6, 6.07) is 1.40. The van der Waals surface area contributed by atoms with Crippen LogP contribution in [0.15, 0.2) is 16.7 Å². The summed E-state index contributed by atoms with van der Waals surface area (Å²) < 4.78 is 5.41. The van der Waals surface area contributed by atoms with Gasteiger partial charge in [-0.05, 0) is 12.6 Å². The monoisotopic (exact) mass is 353 g/mol. The number of aromatic nitrogens is 3. The normalized spacial score (nSPS) is 21.0. The quantitative estimate of drug-likeness (QED) is 0.834. The predicted octanol–water partition coefficient (Wildman–Crippen LogP) is 1.07. The maximum atomic E-state index is 12.5. The van der Waals surface area contributed by atoms with Gasteiger partial charge in [0.2, 0.25) is 11.8 Å². The van der Waals surface area contributed by atoms with Gasteiger partial charge in [-0.1, -0.05) is 18.5 Å². The lowest BCUT2D eigenvalue weighted by atomic mass is 10.2. The number of β-amino-alcohol motifs (C(OH)–C–C–N with tert-alkyl or cyclic N) is 1. The largest absolute Gasteiger partial charge is 0.424 e. The molecule has 3 rings (SSSR count). The average molecular weight is 354 g/mol. The fourth-order valence-electron chi connectivity index (χ4n) is 2.99. The van der Waals surface area contributed by atoms with E-state index in [1.54, 1.807) is 24.1 Å². The minimum Gasteiger partial charge on any atom is -0.424 e. The van der Waals surface area contributed by atoms with Crippen molar-refractivity contribution in [2.24, 2.45) is 0 Å². The van der Waals surface area contributed by atoms with Crippen molar-refractivity contribution in [1.82, 2.24) is 25.0 Å². The van der Waals surface area contributed by atoms with Gasteiger partial charge in [-0.25, -0.2) is 0 Å². The molecule has 0 radical (unpaired) electrons. The Morgan fingerprint density at radius 2 is 2.33 bits per heavy atom. The number of aromatic amines is 1. The molecule has 0 bridgehead atoms. The second-order valence-corrected chi connectivity index (χ2v) is 6.29. The first kappa shape index (κ1) is 16.9. The summed E-state index contributed by atoms with van der Waals surface area (Å²) in [7, 11) is 0. The molecule has 1 amide bonds. The molecule has 0 saturated carbocycles. The van der Waals surface area contributed by atoms with Gasteiger partial charge in [0.15, 0.2) is 0 Å². The van der Waals surface area contributed by atoms with Crippen molar-refractivity contribution in [2.45, 2.75) is 32.5 Å². The van der Waals surface area contributed by atoms with E-state index < -0.39 is 6.10 Å². The first-order valence-corrected chi connectivity index (χ1v) is 8.20. The molecule has 0 aliphatic carbocycles. The van der Waals surface area contributed by atoms with Crippen molar-refractivity contribution in [3.05, 3.63) is 34.8 Å². The molecule has 2 aromatic rings. The Balaban J connectivity index is 1.68. The number of amides is 1. The highest BCUT2D eigenvalue weighted by Crippen LogP contribution is 2.21. The summed E-state index contributed by atoms with van der Waals surface area (Å²) in [6.07, 6.45) is 0.929. The molecule has 8 nitrogen and oxygen atoms in total. The number of carbonyl (C=O) groups is 1. The van der Waals surface area contributed by atoms with Gasteiger partial charge in [0.1, 0.15) is 5.69 Å². The minimum atomic E-state index is -0.636. The number of halogens is 1. The number of aryl methyl sites for hydroxylation is 1. The molecule has 0 spiro atoms. The lowest BCUT2D eigenvalue weighted by Crippen LogP contribution is -2.43. The summed E-state index contributed by atoms with van der Waals surface area (Å²) in [5, 5.41) is 18.7. The van der Waals surface area contributed by atoms with Gasteiger partial charge >= 0.3 is 0 Å². The summed E-state index contributed by atoms with van der Waals surface area (Å²) in [5.74, 6) is 0.837. The van der Waals surface area contributed by atoms with Gasteiger partial charge in [-0.2, -0.15) is 0 Å². The molecular weight excluding hydrogens is 334 g/mol. The molecule has 24 heavy (non-hydrogen) atoms. The van der Waals surface area contributed by atoms with Crippen molar-refractivity contribution in [2.75, 3.05) is 19.6 Å². The van der Waals surface area contributed by atoms with Gasteiger partial charge in [-0.15, -0.1) is 10.2 Å². The van der Waals surface area contributed by atoms with Crippen LogP contribution in [0.1, 0.15) is 29.2 Å². The van der Waals surface area contributed by atoms with Crippen molar-refractivity contribution < 1.29 is 14.3 Å². The number of hydrogen-bond donors (Lipinski definition) is 2. The fourth-order valence-corrected chi connectivity index (χ4v) is 3.16. The van der Waals surface area contributed by atoms with Crippen molar-refractivity contribution in [1.29, 1.82) is 0 Å². The minimum absolute atomic E-state index is 0.173. The Hall–Kier alpha value is -1.90. The third kappa shape index (κ3) is 3.45. The summed E-state index contributed by atoms with van der Waals surface area (Å²) in [6.45, 7) is 5.57. The molecule has 1 aliphatic heterocycles. The van der Waals surface area contributed by atoms with Crippen molar-refractivity contribution >= 4 is 17.5 Å². The molecule has 1 saturated heterocycles. The number of aliphatic hydroxyl groups excluding tert-OH is 1. The van der Waals surface area contributed by atoms with Crippen LogP contribution in [0.3, 0.4) is 0 Å². The first-order valence-electron chi connectivity index (χ1n) is 7.82. The molecular formula is C15H20ClN5O3. The van der Waals surface area contributed by atoms with E-state index in [1.807, 2.05) is 11.8 Å². The molecule has 2 N–H and O–H groups in total. The number of carbonyl (C=O) groups excluding carboxylic acids is 1. The van der Waals surface area contributed by atoms with E-state index >= 15 is 0 Å². The number of rotatable bonds is 5. The van der Waals surface area contributed by atoms with Crippen LogP contribution >= 0.6 is 11.6 Å². The third-order valence-corrected chi connectivity index (χ3v) is 4.42. The summed E-state index contributed by atoms with van der Waals surface area (Å²) in [4.78, 5) is 19.0. The molecule has 130 valence electrons. The molecule has 2 aromatic heterocycles. The Bertz CT molecular complexity index is 716. The fraction of sp³-hybridized carbons (Fsp3) is 0.533. The maximum Gasteiger partial charge on any atom is 0.270 e. The van der Waals surface area contributed by atoms with Gasteiger partial charge in [0.05, 0.1) is 23.7 Å². The first-order chi connectivity index (χ1) is 11.5. The van der Waals surface area contributed by atoms with Crippen molar-refractivity contribution in [3.8, 4) is 0 Å². The molecule has 1 aliphatic rings.